The van der Waals surface area contributed by atoms with E-state index in [1.165, 1.54) is 0 Å². The third-order valence-corrected chi connectivity index (χ3v) is 2.32. The Hall–Kier alpha value is -0.990. The molecule has 0 aliphatic rings. The summed E-state index contributed by atoms with van der Waals surface area (Å²) in [6, 6.07) is 0. The molecule has 0 heterocycles. The lowest BCUT2D eigenvalue weighted by atomic mass is 10.2. The molecule has 0 unspecified atom stereocenters. The first-order valence-electron chi connectivity index (χ1n) is 5.20. The van der Waals surface area contributed by atoms with E-state index in [1.54, 1.807) is 6.92 Å². The minimum atomic E-state index is -0.820. The van der Waals surface area contributed by atoms with Gasteiger partial charge in [0.1, 0.15) is 0 Å². The molecule has 0 saturated heterocycles. The average molecular weight is 199 g/mol. The van der Waals surface area contributed by atoms with Gasteiger partial charge in [0.05, 0.1) is 5.57 Å². The molecule has 0 spiro atoms. The van der Waals surface area contributed by atoms with Crippen LogP contribution in [0.1, 0.15) is 40.5 Å². The van der Waals surface area contributed by atoms with E-state index in [-0.39, 0.29) is 0 Å². The first-order valence-corrected chi connectivity index (χ1v) is 5.20. The molecule has 3 nitrogen and oxygen atoms in total. The van der Waals surface area contributed by atoms with Crippen molar-refractivity contribution in [2.45, 2.75) is 40.5 Å². The number of carbonyl (C=O) groups is 1. The van der Waals surface area contributed by atoms with Crippen molar-refractivity contribution in [3.05, 3.63) is 11.3 Å². The fraction of sp³-hybridized carbons (Fsp3) is 0.727. The number of hydrogen-bond acceptors (Lipinski definition) is 2. The molecule has 0 aromatic carbocycles. The number of hydrogen-bond donors (Lipinski definition) is 1. The van der Waals surface area contributed by atoms with Gasteiger partial charge in [-0.25, -0.2) is 4.79 Å². The molecule has 0 aromatic rings. The first-order chi connectivity index (χ1) is 6.54. The maximum absolute atomic E-state index is 10.8. The van der Waals surface area contributed by atoms with E-state index >= 15 is 0 Å². The highest BCUT2D eigenvalue weighted by Gasteiger charge is 2.10. The quantitative estimate of drug-likeness (QED) is 0.668. The van der Waals surface area contributed by atoms with Crippen LogP contribution in [0.5, 0.6) is 0 Å². The highest BCUT2D eigenvalue weighted by molar-refractivity contribution is 5.86. The molecule has 1 N–H and O–H groups in total. The third kappa shape index (κ3) is 3.81. The van der Waals surface area contributed by atoms with E-state index in [9.17, 15) is 4.79 Å². The minimum absolute atomic E-state index is 0.451. The van der Waals surface area contributed by atoms with Gasteiger partial charge < -0.3 is 10.0 Å². The molecule has 0 bridgehead atoms. The second-order valence-corrected chi connectivity index (χ2v) is 3.50. The lowest BCUT2D eigenvalue weighted by molar-refractivity contribution is -0.132. The van der Waals surface area contributed by atoms with E-state index in [2.05, 4.69) is 18.7 Å². The Bertz CT molecular complexity index is 215. The number of aliphatic carboxylic acids is 1. The van der Waals surface area contributed by atoms with Crippen molar-refractivity contribution in [2.24, 2.45) is 0 Å². The average Bonchev–Trinajstić information content (AvgIpc) is 2.15. The van der Waals surface area contributed by atoms with Crippen molar-refractivity contribution in [2.75, 3.05) is 13.1 Å². The largest absolute Gasteiger partial charge is 0.478 e. The molecule has 0 aliphatic heterocycles. The second-order valence-electron chi connectivity index (χ2n) is 3.50. The molecule has 0 fully saturated rings. The summed E-state index contributed by atoms with van der Waals surface area (Å²) >= 11 is 0. The molecule has 3 heteroatoms. The number of allylic oxidation sites excluding steroid dienone is 1. The summed E-state index contributed by atoms with van der Waals surface area (Å²) < 4.78 is 0. The summed E-state index contributed by atoms with van der Waals surface area (Å²) in [5.74, 6) is -0.820. The molecule has 0 rings (SSSR count). The molecule has 0 atom stereocenters. The summed E-state index contributed by atoms with van der Waals surface area (Å²) in [5.41, 5.74) is 1.34. The maximum Gasteiger partial charge on any atom is 0.333 e. The van der Waals surface area contributed by atoms with Crippen LogP contribution in [0.15, 0.2) is 11.3 Å². The molecule has 82 valence electrons. The van der Waals surface area contributed by atoms with Crippen molar-refractivity contribution in [1.82, 2.24) is 4.90 Å². The zero-order valence-corrected chi connectivity index (χ0v) is 9.63. The van der Waals surface area contributed by atoms with Crippen LogP contribution in [0.4, 0.5) is 0 Å². The normalized spacial score (nSPS) is 12.3. The van der Waals surface area contributed by atoms with Crippen LogP contribution in [0.3, 0.4) is 0 Å². The van der Waals surface area contributed by atoms with Gasteiger partial charge in [-0.2, -0.15) is 0 Å². The van der Waals surface area contributed by atoms with Crippen molar-refractivity contribution < 1.29 is 9.90 Å². The molecule has 0 amide bonds. The predicted octanol–water partition coefficient (Wildman–Crippen LogP) is 2.49. The second kappa shape index (κ2) is 6.46. The fourth-order valence-electron chi connectivity index (χ4n) is 1.38. The smallest absolute Gasteiger partial charge is 0.333 e. The van der Waals surface area contributed by atoms with E-state index in [4.69, 9.17) is 5.11 Å². The van der Waals surface area contributed by atoms with Gasteiger partial charge in [-0.3, -0.25) is 0 Å². The summed E-state index contributed by atoms with van der Waals surface area (Å²) in [6.07, 6.45) is 2.09. The van der Waals surface area contributed by atoms with Gasteiger partial charge in [-0.15, -0.1) is 0 Å². The van der Waals surface area contributed by atoms with Crippen LogP contribution >= 0.6 is 0 Å². The molecule has 14 heavy (non-hydrogen) atoms. The third-order valence-electron chi connectivity index (χ3n) is 2.32. The number of carboxylic acid groups (broad SMARTS) is 1. The molecule has 0 radical (unpaired) electrons. The zero-order chi connectivity index (χ0) is 11.1. The van der Waals surface area contributed by atoms with Crippen molar-refractivity contribution in [3.8, 4) is 0 Å². The lowest BCUT2D eigenvalue weighted by Gasteiger charge is -2.25. The van der Waals surface area contributed by atoms with E-state index < -0.39 is 5.97 Å². The Balaban J connectivity index is 4.63. The SMILES string of the molecule is CCCN(CCC)/C(C)=C(\C)C(=O)O. The Morgan fingerprint density at radius 1 is 1.14 bits per heavy atom. The number of rotatable bonds is 6. The van der Waals surface area contributed by atoms with Gasteiger partial charge in [-0.05, 0) is 26.7 Å². The van der Waals surface area contributed by atoms with Gasteiger partial charge in [0, 0.05) is 18.8 Å². The van der Waals surface area contributed by atoms with Gasteiger partial charge in [0.15, 0.2) is 0 Å². The minimum Gasteiger partial charge on any atom is -0.478 e. The lowest BCUT2D eigenvalue weighted by Crippen LogP contribution is -2.25. The fourth-order valence-corrected chi connectivity index (χ4v) is 1.38. The van der Waals surface area contributed by atoms with Gasteiger partial charge in [0.25, 0.3) is 0 Å². The van der Waals surface area contributed by atoms with Crippen molar-refractivity contribution in [3.63, 3.8) is 0 Å². The Morgan fingerprint density at radius 2 is 1.57 bits per heavy atom. The van der Waals surface area contributed by atoms with Gasteiger partial charge >= 0.3 is 5.97 Å². The highest BCUT2D eigenvalue weighted by Crippen LogP contribution is 2.11. The zero-order valence-electron chi connectivity index (χ0n) is 9.63. The number of carboxylic acids is 1. The molecule has 0 saturated carbocycles. The molecule has 0 aromatic heterocycles. The summed E-state index contributed by atoms with van der Waals surface area (Å²) in [6.45, 7) is 9.62. The van der Waals surface area contributed by atoms with Crippen LogP contribution in [-0.2, 0) is 4.79 Å². The standard InChI is InChI=1S/C11H21NO2/c1-5-7-12(8-6-2)10(4)9(3)11(13)14/h5-8H2,1-4H3,(H,13,14)/b10-9+. The number of nitrogens with zero attached hydrogens (tertiary/aromatic N) is 1. The van der Waals surface area contributed by atoms with Crippen LogP contribution < -0.4 is 0 Å². The monoisotopic (exact) mass is 199 g/mol. The topological polar surface area (TPSA) is 40.5 Å². The van der Waals surface area contributed by atoms with E-state index in [0.717, 1.165) is 31.6 Å². The molecule has 0 aliphatic carbocycles. The van der Waals surface area contributed by atoms with Crippen LogP contribution in [-0.4, -0.2) is 29.1 Å². The Kier molecular flexibility index (Phi) is 6.00. The van der Waals surface area contributed by atoms with Crippen molar-refractivity contribution >= 4 is 5.97 Å². The Morgan fingerprint density at radius 3 is 1.86 bits per heavy atom. The van der Waals surface area contributed by atoms with E-state index in [0.29, 0.717) is 5.57 Å². The highest BCUT2D eigenvalue weighted by atomic mass is 16.4. The summed E-state index contributed by atoms with van der Waals surface area (Å²) in [4.78, 5) is 12.9. The van der Waals surface area contributed by atoms with Crippen LogP contribution in [0, 0.1) is 0 Å². The van der Waals surface area contributed by atoms with Gasteiger partial charge in [0.2, 0.25) is 0 Å². The van der Waals surface area contributed by atoms with Crippen LogP contribution in [0.25, 0.3) is 0 Å². The summed E-state index contributed by atoms with van der Waals surface area (Å²) in [7, 11) is 0. The van der Waals surface area contributed by atoms with E-state index in [1.807, 2.05) is 6.92 Å². The van der Waals surface area contributed by atoms with Crippen LogP contribution in [0.2, 0.25) is 0 Å². The Labute approximate surface area is 86.4 Å². The maximum atomic E-state index is 10.8. The summed E-state index contributed by atoms with van der Waals surface area (Å²) in [5, 5.41) is 8.85. The molecular formula is C11H21NO2. The molecular weight excluding hydrogens is 178 g/mol. The predicted molar refractivity (Wildman–Crippen MR) is 58.2 cm³/mol. The van der Waals surface area contributed by atoms with Gasteiger partial charge in [-0.1, -0.05) is 13.8 Å². The first kappa shape index (κ1) is 13.0. The van der Waals surface area contributed by atoms with Crippen molar-refractivity contribution in [1.29, 1.82) is 0 Å².